The maximum atomic E-state index is 13.5. The fraction of sp³-hybridized carbons (Fsp3) is 0.368. The van der Waals surface area contributed by atoms with Crippen molar-refractivity contribution in [2.45, 2.75) is 39.7 Å². The Balaban J connectivity index is 2.44. The zero-order valence-corrected chi connectivity index (χ0v) is 13.1. The minimum absolute atomic E-state index is 0.125. The van der Waals surface area contributed by atoms with Crippen LogP contribution in [0.25, 0.3) is 0 Å². The van der Waals surface area contributed by atoms with E-state index in [-0.39, 0.29) is 11.9 Å². The van der Waals surface area contributed by atoms with Crippen LogP contribution in [0.15, 0.2) is 42.5 Å². The number of nitrogens with one attached hydrogen (secondary N) is 1. The summed E-state index contributed by atoms with van der Waals surface area (Å²) in [4.78, 5) is 0. The number of halogens is 1. The van der Waals surface area contributed by atoms with Crippen molar-refractivity contribution in [3.8, 4) is 0 Å². The van der Waals surface area contributed by atoms with E-state index >= 15 is 0 Å². The summed E-state index contributed by atoms with van der Waals surface area (Å²) in [6.07, 6.45) is 2.08. The molecule has 1 atom stereocenters. The molecule has 2 aromatic carbocycles. The minimum atomic E-state index is -0.142. The van der Waals surface area contributed by atoms with Gasteiger partial charge in [0.2, 0.25) is 0 Å². The third-order valence-corrected chi connectivity index (χ3v) is 3.86. The average Bonchev–Trinajstić information content (AvgIpc) is 2.51. The Morgan fingerprint density at radius 1 is 1.10 bits per heavy atom. The van der Waals surface area contributed by atoms with Gasteiger partial charge in [-0.1, -0.05) is 50.2 Å². The highest BCUT2D eigenvalue weighted by Gasteiger charge is 2.16. The number of aryl methyl sites for hydroxylation is 2. The lowest BCUT2D eigenvalue weighted by Gasteiger charge is -2.22. The molecular formula is C19H24FN. The number of hydrogen-bond acceptors (Lipinski definition) is 1. The van der Waals surface area contributed by atoms with Crippen LogP contribution < -0.4 is 5.32 Å². The minimum Gasteiger partial charge on any atom is -0.306 e. The Kier molecular flexibility index (Phi) is 5.51. The standard InChI is InChI=1S/C19H24FN/c1-4-12-21-19(16-10-11-18(20)14(3)13-16)17-9-7-6-8-15(17)5-2/h6-11,13,19,21H,4-5,12H2,1-3H3. The maximum Gasteiger partial charge on any atom is 0.126 e. The van der Waals surface area contributed by atoms with E-state index in [1.807, 2.05) is 19.1 Å². The smallest absolute Gasteiger partial charge is 0.126 e. The van der Waals surface area contributed by atoms with E-state index in [1.165, 1.54) is 11.1 Å². The average molecular weight is 285 g/mol. The van der Waals surface area contributed by atoms with E-state index in [0.29, 0.717) is 5.56 Å². The van der Waals surface area contributed by atoms with Crippen molar-refractivity contribution >= 4 is 0 Å². The van der Waals surface area contributed by atoms with Gasteiger partial charge in [-0.25, -0.2) is 4.39 Å². The lowest BCUT2D eigenvalue weighted by atomic mass is 9.92. The summed E-state index contributed by atoms with van der Waals surface area (Å²) in [7, 11) is 0. The molecule has 0 fully saturated rings. The third kappa shape index (κ3) is 3.70. The number of rotatable bonds is 6. The van der Waals surface area contributed by atoms with E-state index in [1.54, 1.807) is 6.07 Å². The molecule has 0 aliphatic carbocycles. The molecule has 0 aliphatic rings. The maximum absolute atomic E-state index is 13.5. The molecule has 0 saturated carbocycles. The van der Waals surface area contributed by atoms with E-state index < -0.39 is 0 Å². The van der Waals surface area contributed by atoms with Crippen molar-refractivity contribution in [3.63, 3.8) is 0 Å². The number of benzene rings is 2. The van der Waals surface area contributed by atoms with Gasteiger partial charge in [0, 0.05) is 0 Å². The Bertz CT molecular complexity index is 592. The van der Waals surface area contributed by atoms with Gasteiger partial charge in [0.1, 0.15) is 5.82 Å². The van der Waals surface area contributed by atoms with Gasteiger partial charge >= 0.3 is 0 Å². The molecule has 0 radical (unpaired) electrons. The van der Waals surface area contributed by atoms with Crippen molar-refractivity contribution in [1.29, 1.82) is 0 Å². The molecule has 1 unspecified atom stereocenters. The van der Waals surface area contributed by atoms with Gasteiger partial charge in [0.15, 0.2) is 0 Å². The van der Waals surface area contributed by atoms with Gasteiger partial charge in [0.05, 0.1) is 6.04 Å². The van der Waals surface area contributed by atoms with Crippen LogP contribution in [0, 0.1) is 12.7 Å². The molecule has 1 nitrogen and oxygen atoms in total. The van der Waals surface area contributed by atoms with E-state index in [4.69, 9.17) is 0 Å². The summed E-state index contributed by atoms with van der Waals surface area (Å²) in [5, 5.41) is 3.60. The summed E-state index contributed by atoms with van der Waals surface area (Å²) in [5.41, 5.74) is 4.46. The fourth-order valence-electron chi connectivity index (χ4n) is 2.68. The SMILES string of the molecule is CCCNC(c1ccc(F)c(C)c1)c1ccccc1CC. The van der Waals surface area contributed by atoms with Gasteiger partial charge in [-0.15, -0.1) is 0 Å². The van der Waals surface area contributed by atoms with Gasteiger partial charge in [-0.3, -0.25) is 0 Å². The molecule has 2 heteroatoms. The molecule has 2 rings (SSSR count). The van der Waals surface area contributed by atoms with Crippen molar-refractivity contribution in [2.75, 3.05) is 6.54 Å². The Morgan fingerprint density at radius 3 is 2.52 bits per heavy atom. The molecule has 0 saturated heterocycles. The van der Waals surface area contributed by atoms with Crippen LogP contribution in [0.4, 0.5) is 4.39 Å². The molecule has 0 bridgehead atoms. The molecule has 0 heterocycles. The summed E-state index contributed by atoms with van der Waals surface area (Å²) >= 11 is 0. The molecule has 0 amide bonds. The predicted octanol–water partition coefficient (Wildman–Crippen LogP) is 4.79. The lowest BCUT2D eigenvalue weighted by Crippen LogP contribution is -2.24. The van der Waals surface area contributed by atoms with Crippen LogP contribution in [-0.4, -0.2) is 6.54 Å². The first-order chi connectivity index (χ1) is 10.2. The van der Waals surface area contributed by atoms with Crippen molar-refractivity contribution in [3.05, 3.63) is 70.5 Å². The quantitative estimate of drug-likeness (QED) is 0.805. The zero-order valence-electron chi connectivity index (χ0n) is 13.1. The fourth-order valence-corrected chi connectivity index (χ4v) is 2.68. The Labute approximate surface area is 127 Å². The second kappa shape index (κ2) is 7.37. The van der Waals surface area contributed by atoms with Crippen LogP contribution in [0.2, 0.25) is 0 Å². The largest absolute Gasteiger partial charge is 0.306 e. The lowest BCUT2D eigenvalue weighted by molar-refractivity contribution is 0.587. The first-order valence-electron chi connectivity index (χ1n) is 7.74. The first kappa shape index (κ1) is 15.7. The van der Waals surface area contributed by atoms with Gasteiger partial charge in [-0.2, -0.15) is 0 Å². The molecular weight excluding hydrogens is 261 g/mol. The zero-order chi connectivity index (χ0) is 15.2. The highest BCUT2D eigenvalue weighted by atomic mass is 19.1. The van der Waals surface area contributed by atoms with Gasteiger partial charge in [0.25, 0.3) is 0 Å². The van der Waals surface area contributed by atoms with Crippen LogP contribution in [0.5, 0.6) is 0 Å². The second-order valence-electron chi connectivity index (χ2n) is 5.45. The Hall–Kier alpha value is -1.67. The van der Waals surface area contributed by atoms with Crippen LogP contribution >= 0.6 is 0 Å². The van der Waals surface area contributed by atoms with Crippen molar-refractivity contribution in [1.82, 2.24) is 5.32 Å². The molecule has 2 aromatic rings. The summed E-state index contributed by atoms with van der Waals surface area (Å²) in [6.45, 7) is 7.10. The Morgan fingerprint density at radius 2 is 1.86 bits per heavy atom. The van der Waals surface area contributed by atoms with Crippen LogP contribution in [-0.2, 0) is 6.42 Å². The van der Waals surface area contributed by atoms with E-state index in [2.05, 4.69) is 43.4 Å². The molecule has 112 valence electrons. The molecule has 1 N–H and O–H groups in total. The second-order valence-corrected chi connectivity index (χ2v) is 5.45. The molecule has 21 heavy (non-hydrogen) atoms. The highest BCUT2D eigenvalue weighted by molar-refractivity contribution is 5.39. The summed E-state index contributed by atoms with van der Waals surface area (Å²) < 4.78 is 13.5. The monoisotopic (exact) mass is 285 g/mol. The number of hydrogen-bond donors (Lipinski definition) is 1. The van der Waals surface area contributed by atoms with Crippen molar-refractivity contribution < 1.29 is 4.39 Å². The van der Waals surface area contributed by atoms with E-state index in [9.17, 15) is 4.39 Å². The van der Waals surface area contributed by atoms with Crippen LogP contribution in [0.1, 0.15) is 48.6 Å². The normalized spacial score (nSPS) is 12.4. The molecule has 0 aromatic heterocycles. The van der Waals surface area contributed by atoms with Crippen molar-refractivity contribution in [2.24, 2.45) is 0 Å². The summed E-state index contributed by atoms with van der Waals surface area (Å²) in [5.74, 6) is -0.142. The molecule has 0 aliphatic heterocycles. The van der Waals surface area contributed by atoms with E-state index in [0.717, 1.165) is 24.9 Å². The predicted molar refractivity (Wildman–Crippen MR) is 87.1 cm³/mol. The molecule has 0 spiro atoms. The highest BCUT2D eigenvalue weighted by Crippen LogP contribution is 2.27. The third-order valence-electron chi connectivity index (χ3n) is 3.86. The van der Waals surface area contributed by atoms with Gasteiger partial charge < -0.3 is 5.32 Å². The van der Waals surface area contributed by atoms with Crippen LogP contribution in [0.3, 0.4) is 0 Å². The van der Waals surface area contributed by atoms with Gasteiger partial charge in [-0.05, 0) is 54.6 Å². The topological polar surface area (TPSA) is 12.0 Å². The first-order valence-corrected chi connectivity index (χ1v) is 7.74. The summed E-state index contributed by atoms with van der Waals surface area (Å²) in [6, 6.07) is 14.0.